The summed E-state index contributed by atoms with van der Waals surface area (Å²) in [5.74, 6) is 1.55. The first kappa shape index (κ1) is 17.7. The van der Waals surface area contributed by atoms with E-state index in [0.717, 1.165) is 50.9 Å². The summed E-state index contributed by atoms with van der Waals surface area (Å²) in [5, 5.41) is 9.99. The number of likely N-dealkylation sites (N-methyl/N-ethyl adjacent to an activating group) is 1. The monoisotopic (exact) mass is 335 g/mol. The van der Waals surface area contributed by atoms with E-state index in [1.54, 1.807) is 7.05 Å². The number of aliphatic hydroxyl groups is 1. The number of nitrogens with two attached hydrogens (primary N) is 1. The molecule has 5 heteroatoms. The third kappa shape index (κ3) is 3.76. The molecule has 3 aliphatic rings. The van der Waals surface area contributed by atoms with Crippen LogP contribution < -0.4 is 5.73 Å². The fraction of sp³-hybridized carbons (Fsp3) is 0.895. The molecule has 2 fully saturated rings. The molecule has 2 aliphatic carbocycles. The lowest BCUT2D eigenvalue weighted by molar-refractivity contribution is -0.131. The molecule has 0 aromatic rings. The van der Waals surface area contributed by atoms with Crippen molar-refractivity contribution < 1.29 is 9.90 Å². The zero-order valence-electron chi connectivity index (χ0n) is 15.0. The molecular formula is C19H33N3O2. The lowest BCUT2D eigenvalue weighted by Gasteiger charge is -2.34. The Morgan fingerprint density at radius 2 is 1.88 bits per heavy atom. The summed E-state index contributed by atoms with van der Waals surface area (Å²) in [4.78, 5) is 19.1. The van der Waals surface area contributed by atoms with E-state index < -0.39 is 5.54 Å². The van der Waals surface area contributed by atoms with E-state index in [0.29, 0.717) is 11.9 Å². The van der Waals surface area contributed by atoms with Crippen LogP contribution in [0.1, 0.15) is 77.0 Å². The second-order valence-electron chi connectivity index (χ2n) is 8.30. The minimum atomic E-state index is -0.669. The maximum atomic E-state index is 12.9. The van der Waals surface area contributed by atoms with Crippen LogP contribution in [-0.4, -0.2) is 40.6 Å². The van der Waals surface area contributed by atoms with Crippen molar-refractivity contribution in [2.24, 2.45) is 22.6 Å². The van der Waals surface area contributed by atoms with Gasteiger partial charge in [-0.1, -0.05) is 44.9 Å². The standard InChI is InChI=1S/C19H33N3O2/c1-22-17(24)19(21-18(22)20,11-10-14-6-3-2-4-7-14)13-15-8-5-9-16(23)12-15/h14-16,23H,2-13H2,1H3,(H2,20,21)/t15-,16-,19-/m1/s1. The van der Waals surface area contributed by atoms with Crippen molar-refractivity contribution in [2.75, 3.05) is 7.05 Å². The van der Waals surface area contributed by atoms with Gasteiger partial charge in [-0.2, -0.15) is 0 Å². The summed E-state index contributed by atoms with van der Waals surface area (Å²) < 4.78 is 0. The fourth-order valence-electron chi connectivity index (χ4n) is 5.00. The highest BCUT2D eigenvalue weighted by atomic mass is 16.3. The fourth-order valence-corrected chi connectivity index (χ4v) is 5.00. The van der Waals surface area contributed by atoms with Crippen LogP contribution in [0.5, 0.6) is 0 Å². The van der Waals surface area contributed by atoms with Crippen molar-refractivity contribution in [1.29, 1.82) is 0 Å². The molecule has 1 heterocycles. The minimum absolute atomic E-state index is 0.0656. The molecule has 3 atom stereocenters. The van der Waals surface area contributed by atoms with Gasteiger partial charge in [-0.15, -0.1) is 0 Å². The Kier molecular flexibility index (Phi) is 5.48. The first-order chi connectivity index (χ1) is 11.5. The van der Waals surface area contributed by atoms with E-state index in [-0.39, 0.29) is 12.0 Å². The molecule has 0 bridgehead atoms. The Morgan fingerprint density at radius 3 is 2.50 bits per heavy atom. The van der Waals surface area contributed by atoms with Crippen LogP contribution in [0.3, 0.4) is 0 Å². The molecule has 1 amide bonds. The van der Waals surface area contributed by atoms with E-state index in [1.807, 2.05) is 0 Å². The normalized spacial score (nSPS) is 35.3. The van der Waals surface area contributed by atoms with Gasteiger partial charge in [-0.25, -0.2) is 4.99 Å². The molecule has 0 unspecified atom stereocenters. The van der Waals surface area contributed by atoms with Gasteiger partial charge in [0.15, 0.2) is 5.96 Å². The van der Waals surface area contributed by atoms with Gasteiger partial charge in [-0.3, -0.25) is 9.69 Å². The van der Waals surface area contributed by atoms with Gasteiger partial charge in [0.1, 0.15) is 5.54 Å². The second kappa shape index (κ2) is 7.42. The number of carbonyl (C=O) groups is 1. The van der Waals surface area contributed by atoms with E-state index in [9.17, 15) is 9.90 Å². The highest BCUT2D eigenvalue weighted by Crippen LogP contribution is 2.40. The summed E-state index contributed by atoms with van der Waals surface area (Å²) in [6.45, 7) is 0. The third-order valence-electron chi connectivity index (χ3n) is 6.45. The Morgan fingerprint density at radius 1 is 1.17 bits per heavy atom. The summed E-state index contributed by atoms with van der Waals surface area (Å²) in [6, 6.07) is 0. The average Bonchev–Trinajstić information content (AvgIpc) is 2.78. The number of hydrogen-bond donors (Lipinski definition) is 2. The smallest absolute Gasteiger partial charge is 0.257 e. The first-order valence-corrected chi connectivity index (χ1v) is 9.82. The lowest BCUT2D eigenvalue weighted by atomic mass is 9.74. The molecule has 136 valence electrons. The van der Waals surface area contributed by atoms with E-state index in [1.165, 1.54) is 37.0 Å². The Labute approximate surface area is 145 Å². The first-order valence-electron chi connectivity index (χ1n) is 9.82. The SMILES string of the molecule is CN1C(=O)[C@@](CCC2CCCCC2)(C[C@@H]2CCC[C@@H](O)C2)N=C1N. The van der Waals surface area contributed by atoms with Crippen molar-refractivity contribution >= 4 is 11.9 Å². The van der Waals surface area contributed by atoms with Gasteiger partial charge in [0, 0.05) is 7.05 Å². The molecule has 0 spiro atoms. The number of rotatable bonds is 5. The summed E-state index contributed by atoms with van der Waals surface area (Å²) >= 11 is 0. The van der Waals surface area contributed by atoms with Gasteiger partial charge >= 0.3 is 0 Å². The van der Waals surface area contributed by atoms with Crippen LogP contribution in [0.25, 0.3) is 0 Å². The largest absolute Gasteiger partial charge is 0.393 e. The second-order valence-corrected chi connectivity index (χ2v) is 8.30. The predicted octanol–water partition coefficient (Wildman–Crippen LogP) is 2.81. The van der Waals surface area contributed by atoms with E-state index in [4.69, 9.17) is 5.73 Å². The molecule has 1 aliphatic heterocycles. The van der Waals surface area contributed by atoms with Crippen molar-refractivity contribution in [3.63, 3.8) is 0 Å². The topological polar surface area (TPSA) is 78.9 Å². The quantitative estimate of drug-likeness (QED) is 0.811. The molecule has 24 heavy (non-hydrogen) atoms. The van der Waals surface area contributed by atoms with E-state index >= 15 is 0 Å². The van der Waals surface area contributed by atoms with Crippen LogP contribution in [0.4, 0.5) is 0 Å². The van der Waals surface area contributed by atoms with E-state index in [2.05, 4.69) is 4.99 Å². The molecule has 3 rings (SSSR count). The van der Waals surface area contributed by atoms with Crippen molar-refractivity contribution in [3.8, 4) is 0 Å². The third-order valence-corrected chi connectivity index (χ3v) is 6.45. The van der Waals surface area contributed by atoms with Gasteiger partial charge in [-0.05, 0) is 43.9 Å². The Hall–Kier alpha value is -1.10. The summed E-state index contributed by atoms with van der Waals surface area (Å²) in [7, 11) is 1.74. The van der Waals surface area contributed by atoms with Gasteiger partial charge in [0.25, 0.3) is 5.91 Å². The Balaban J connectivity index is 1.70. The number of guanidine groups is 1. The number of hydrogen-bond acceptors (Lipinski definition) is 4. The summed E-state index contributed by atoms with van der Waals surface area (Å²) in [5.41, 5.74) is 5.32. The molecular weight excluding hydrogens is 302 g/mol. The molecule has 2 saturated carbocycles. The number of carbonyl (C=O) groups excluding carboxylic acids is 1. The van der Waals surface area contributed by atoms with Crippen LogP contribution in [0.15, 0.2) is 4.99 Å². The molecule has 0 saturated heterocycles. The maximum absolute atomic E-state index is 12.9. The number of aliphatic imine (C=N–C) groups is 1. The van der Waals surface area contributed by atoms with Crippen LogP contribution in [0, 0.1) is 11.8 Å². The minimum Gasteiger partial charge on any atom is -0.393 e. The zero-order chi connectivity index (χ0) is 17.2. The Bertz CT molecular complexity index is 487. The number of aliphatic hydroxyl groups excluding tert-OH is 1. The number of amides is 1. The molecule has 0 aromatic carbocycles. The summed E-state index contributed by atoms with van der Waals surface area (Å²) in [6.07, 6.45) is 12.9. The van der Waals surface area contributed by atoms with Crippen LogP contribution in [-0.2, 0) is 4.79 Å². The lowest BCUT2D eigenvalue weighted by Crippen LogP contribution is -2.44. The molecule has 5 nitrogen and oxygen atoms in total. The van der Waals surface area contributed by atoms with Crippen molar-refractivity contribution in [2.45, 2.75) is 88.7 Å². The number of nitrogens with zero attached hydrogens (tertiary/aromatic N) is 2. The predicted molar refractivity (Wildman–Crippen MR) is 95.5 cm³/mol. The van der Waals surface area contributed by atoms with Gasteiger partial charge < -0.3 is 10.8 Å². The van der Waals surface area contributed by atoms with Crippen LogP contribution >= 0.6 is 0 Å². The highest BCUT2D eigenvalue weighted by Gasteiger charge is 2.47. The van der Waals surface area contributed by atoms with Crippen molar-refractivity contribution in [1.82, 2.24) is 4.90 Å². The van der Waals surface area contributed by atoms with Gasteiger partial charge in [0.05, 0.1) is 6.10 Å². The van der Waals surface area contributed by atoms with Gasteiger partial charge in [0.2, 0.25) is 0 Å². The molecule has 0 aromatic heterocycles. The maximum Gasteiger partial charge on any atom is 0.257 e. The highest BCUT2D eigenvalue weighted by molar-refractivity contribution is 6.06. The van der Waals surface area contributed by atoms with Crippen LogP contribution in [0.2, 0.25) is 0 Å². The molecule has 0 radical (unpaired) electrons. The molecule has 3 N–H and O–H groups in total. The zero-order valence-corrected chi connectivity index (χ0v) is 15.0. The van der Waals surface area contributed by atoms with Crippen molar-refractivity contribution in [3.05, 3.63) is 0 Å². The average molecular weight is 335 g/mol.